The van der Waals surface area contributed by atoms with Crippen molar-refractivity contribution < 1.29 is 28.8 Å². The number of anilines is 1. The standard InChI is InChI=1S/C19H24N4O7S/c1-6-12(22-10(4)9-13(21-22)23(27)28)16(24)20-17-14(18(25)29-7-2)11(5)15(31-17)19(26)30-8-3/h9,12H,6-8H2,1-5H3,(H,20,24). The highest BCUT2D eigenvalue weighted by Gasteiger charge is 2.31. The van der Waals surface area contributed by atoms with Gasteiger partial charge in [-0.1, -0.05) is 6.92 Å². The number of hydrogen-bond acceptors (Lipinski definition) is 9. The third-order valence-electron chi connectivity index (χ3n) is 4.41. The van der Waals surface area contributed by atoms with Gasteiger partial charge in [-0.2, -0.15) is 4.68 Å². The van der Waals surface area contributed by atoms with E-state index in [1.165, 1.54) is 10.7 Å². The molecule has 1 atom stereocenters. The molecule has 0 bridgehead atoms. The van der Waals surface area contributed by atoms with Crippen molar-refractivity contribution in [3.05, 3.63) is 37.9 Å². The quantitative estimate of drug-likeness (QED) is 0.346. The normalized spacial score (nSPS) is 11.6. The molecule has 0 aliphatic heterocycles. The Morgan fingerprint density at radius 2 is 1.81 bits per heavy atom. The third kappa shape index (κ3) is 5.08. The number of ether oxygens (including phenoxy) is 2. The van der Waals surface area contributed by atoms with Crippen molar-refractivity contribution >= 4 is 40.0 Å². The molecule has 0 saturated heterocycles. The zero-order chi connectivity index (χ0) is 23.3. The van der Waals surface area contributed by atoms with E-state index in [4.69, 9.17) is 9.47 Å². The van der Waals surface area contributed by atoms with Gasteiger partial charge in [0.05, 0.1) is 35.6 Å². The molecule has 2 aromatic rings. The number of thiophene rings is 1. The molecule has 0 radical (unpaired) electrons. The molecule has 12 heteroatoms. The number of hydrogen-bond donors (Lipinski definition) is 1. The number of aromatic nitrogens is 2. The van der Waals surface area contributed by atoms with Gasteiger partial charge in [-0.05, 0) is 44.6 Å². The molecular formula is C19H24N4O7S. The number of aryl methyl sites for hydroxylation is 1. The van der Waals surface area contributed by atoms with Crippen molar-refractivity contribution in [2.45, 2.75) is 47.1 Å². The predicted octanol–water partition coefficient (Wildman–Crippen LogP) is 3.41. The van der Waals surface area contributed by atoms with Gasteiger partial charge in [-0.3, -0.25) is 4.79 Å². The molecule has 2 heterocycles. The summed E-state index contributed by atoms with van der Waals surface area (Å²) in [6.07, 6.45) is 0.287. The fraction of sp³-hybridized carbons (Fsp3) is 0.474. The fourth-order valence-electron chi connectivity index (χ4n) is 2.98. The number of nitrogens with one attached hydrogen (secondary N) is 1. The second-order valence-electron chi connectivity index (χ2n) is 6.46. The Morgan fingerprint density at radius 1 is 1.19 bits per heavy atom. The van der Waals surface area contributed by atoms with E-state index >= 15 is 0 Å². The third-order valence-corrected chi connectivity index (χ3v) is 5.59. The van der Waals surface area contributed by atoms with E-state index in [9.17, 15) is 24.5 Å². The molecule has 2 aromatic heterocycles. The van der Waals surface area contributed by atoms with Crippen LogP contribution >= 0.6 is 11.3 Å². The maximum absolute atomic E-state index is 13.0. The molecule has 168 valence electrons. The van der Waals surface area contributed by atoms with E-state index in [0.29, 0.717) is 11.3 Å². The van der Waals surface area contributed by atoms with Gasteiger partial charge in [0.15, 0.2) is 6.04 Å². The highest BCUT2D eigenvalue weighted by atomic mass is 32.1. The minimum Gasteiger partial charge on any atom is -0.462 e. The Balaban J connectivity index is 2.44. The zero-order valence-electron chi connectivity index (χ0n) is 17.9. The first-order valence-corrected chi connectivity index (χ1v) is 10.5. The zero-order valence-corrected chi connectivity index (χ0v) is 18.7. The van der Waals surface area contributed by atoms with E-state index in [1.54, 1.807) is 34.6 Å². The summed E-state index contributed by atoms with van der Waals surface area (Å²) >= 11 is 0.909. The van der Waals surface area contributed by atoms with E-state index < -0.39 is 28.8 Å². The van der Waals surface area contributed by atoms with Gasteiger partial charge in [0.2, 0.25) is 0 Å². The highest BCUT2D eigenvalue weighted by molar-refractivity contribution is 7.18. The number of nitrogens with zero attached hydrogens (tertiary/aromatic N) is 3. The molecule has 1 N–H and O–H groups in total. The highest BCUT2D eigenvalue weighted by Crippen LogP contribution is 2.35. The van der Waals surface area contributed by atoms with Crippen LogP contribution in [0.4, 0.5) is 10.8 Å². The average molecular weight is 452 g/mol. The molecule has 0 aliphatic carbocycles. The topological polar surface area (TPSA) is 143 Å². The monoisotopic (exact) mass is 452 g/mol. The molecule has 11 nitrogen and oxygen atoms in total. The summed E-state index contributed by atoms with van der Waals surface area (Å²) in [4.78, 5) is 48.3. The first-order valence-electron chi connectivity index (χ1n) is 9.65. The average Bonchev–Trinajstić information content (AvgIpc) is 3.23. The van der Waals surface area contributed by atoms with Gasteiger partial charge in [-0.15, -0.1) is 11.3 Å². The Morgan fingerprint density at radius 3 is 2.32 bits per heavy atom. The van der Waals surface area contributed by atoms with Crippen LogP contribution in [0.15, 0.2) is 6.07 Å². The van der Waals surface area contributed by atoms with Crippen LogP contribution in [0.5, 0.6) is 0 Å². The summed E-state index contributed by atoms with van der Waals surface area (Å²) in [5.41, 5.74) is 0.853. The number of carbonyl (C=O) groups is 3. The lowest BCUT2D eigenvalue weighted by molar-refractivity contribution is -0.389. The van der Waals surface area contributed by atoms with Crippen LogP contribution in [-0.2, 0) is 14.3 Å². The van der Waals surface area contributed by atoms with Gasteiger partial charge in [-0.25, -0.2) is 9.59 Å². The second-order valence-corrected chi connectivity index (χ2v) is 7.48. The molecule has 0 saturated carbocycles. The van der Waals surface area contributed by atoms with Crippen LogP contribution in [0.2, 0.25) is 0 Å². The van der Waals surface area contributed by atoms with E-state index in [0.717, 1.165) is 11.3 Å². The maximum atomic E-state index is 13.0. The summed E-state index contributed by atoms with van der Waals surface area (Å²) in [6.45, 7) is 8.48. The SMILES string of the molecule is CCOC(=O)c1sc(NC(=O)C(CC)n2nc([N+](=O)[O-])cc2C)c(C(=O)OCC)c1C. The minimum atomic E-state index is -0.864. The Labute approximate surface area is 182 Å². The van der Waals surface area contributed by atoms with Gasteiger partial charge in [0, 0.05) is 0 Å². The largest absolute Gasteiger partial charge is 0.462 e. The minimum absolute atomic E-state index is 0.0706. The molecule has 0 aromatic carbocycles. The number of nitro groups is 1. The Hall–Kier alpha value is -3.28. The molecule has 0 fully saturated rings. The fourth-order valence-corrected chi connectivity index (χ4v) is 4.07. The Kier molecular flexibility index (Phi) is 7.86. The van der Waals surface area contributed by atoms with Gasteiger partial charge in [0.25, 0.3) is 5.91 Å². The van der Waals surface area contributed by atoms with Gasteiger partial charge >= 0.3 is 17.8 Å². The van der Waals surface area contributed by atoms with Crippen LogP contribution in [0.25, 0.3) is 0 Å². The number of rotatable bonds is 9. The van der Waals surface area contributed by atoms with Crippen molar-refractivity contribution in [3.63, 3.8) is 0 Å². The molecule has 31 heavy (non-hydrogen) atoms. The molecule has 1 unspecified atom stereocenters. The maximum Gasteiger partial charge on any atom is 0.390 e. The number of amides is 1. The second kappa shape index (κ2) is 10.2. The van der Waals surface area contributed by atoms with Crippen LogP contribution in [0.3, 0.4) is 0 Å². The van der Waals surface area contributed by atoms with Crippen LogP contribution < -0.4 is 5.32 Å². The lowest BCUT2D eigenvalue weighted by Gasteiger charge is -2.14. The van der Waals surface area contributed by atoms with Crippen molar-refractivity contribution in [1.29, 1.82) is 0 Å². The summed E-state index contributed by atoms with van der Waals surface area (Å²) in [5.74, 6) is -2.19. The molecule has 2 rings (SSSR count). The number of esters is 2. The lowest BCUT2D eigenvalue weighted by Crippen LogP contribution is -2.27. The van der Waals surface area contributed by atoms with E-state index in [2.05, 4.69) is 10.4 Å². The lowest BCUT2D eigenvalue weighted by atomic mass is 10.1. The molecule has 0 spiro atoms. The Bertz CT molecular complexity index is 1010. The summed E-state index contributed by atoms with van der Waals surface area (Å²) in [7, 11) is 0. The van der Waals surface area contributed by atoms with E-state index in [-0.39, 0.29) is 40.9 Å². The summed E-state index contributed by atoms with van der Waals surface area (Å²) < 4.78 is 11.4. The molecule has 1 amide bonds. The smallest absolute Gasteiger partial charge is 0.390 e. The van der Waals surface area contributed by atoms with Crippen molar-refractivity contribution in [2.75, 3.05) is 18.5 Å². The first-order chi connectivity index (χ1) is 14.7. The van der Waals surface area contributed by atoms with Gasteiger partial charge in [0.1, 0.15) is 9.88 Å². The van der Waals surface area contributed by atoms with Crippen molar-refractivity contribution in [2.24, 2.45) is 0 Å². The van der Waals surface area contributed by atoms with Crippen LogP contribution in [0, 0.1) is 24.0 Å². The van der Waals surface area contributed by atoms with Crippen LogP contribution in [0.1, 0.15) is 64.5 Å². The first kappa shape index (κ1) is 24.0. The summed E-state index contributed by atoms with van der Waals surface area (Å²) in [6, 6.07) is 0.408. The van der Waals surface area contributed by atoms with Crippen molar-refractivity contribution in [3.8, 4) is 0 Å². The predicted molar refractivity (Wildman–Crippen MR) is 113 cm³/mol. The molecule has 0 aliphatic rings. The van der Waals surface area contributed by atoms with Crippen LogP contribution in [-0.4, -0.2) is 45.8 Å². The molecular weight excluding hydrogens is 428 g/mol. The van der Waals surface area contributed by atoms with E-state index in [1.807, 2.05) is 0 Å². The summed E-state index contributed by atoms with van der Waals surface area (Å²) in [5, 5.41) is 17.7. The van der Waals surface area contributed by atoms with Gasteiger partial charge < -0.3 is 24.9 Å². The van der Waals surface area contributed by atoms with Crippen molar-refractivity contribution in [1.82, 2.24) is 9.78 Å². The number of carbonyl (C=O) groups excluding carboxylic acids is 3.